The molecule has 32 heavy (non-hydrogen) atoms. The average Bonchev–Trinajstić information content (AvgIpc) is 2.79. The van der Waals surface area contributed by atoms with Crippen LogP contribution in [0.3, 0.4) is 0 Å². The Balaban J connectivity index is 1.37. The molecule has 1 aromatic heterocycles. The lowest BCUT2D eigenvalue weighted by Gasteiger charge is -2.30. The standard InChI is InChI=1S/C23H29N5O4/c1-15-11-16(2)21(17(3)12-15)27-19(29)13-26-20(30)14-32-22(31)18-5-9-28(10-6-18)23-24-7-4-8-25-23/h4,7-8,11-12,18H,5-6,9-10,13-14H2,1-3H3,(H,26,30)(H,27,29). The average molecular weight is 440 g/mol. The summed E-state index contributed by atoms with van der Waals surface area (Å²) in [5.41, 5.74) is 3.78. The van der Waals surface area contributed by atoms with Crippen LogP contribution < -0.4 is 15.5 Å². The number of benzene rings is 1. The summed E-state index contributed by atoms with van der Waals surface area (Å²) in [6.07, 6.45) is 4.59. The Morgan fingerprint density at radius 2 is 1.66 bits per heavy atom. The van der Waals surface area contributed by atoms with E-state index in [1.807, 2.05) is 37.8 Å². The van der Waals surface area contributed by atoms with Gasteiger partial charge >= 0.3 is 5.97 Å². The Morgan fingerprint density at radius 1 is 1.03 bits per heavy atom. The molecule has 0 spiro atoms. The minimum absolute atomic E-state index is 0.196. The fourth-order valence-electron chi connectivity index (χ4n) is 3.81. The molecule has 0 bridgehead atoms. The summed E-state index contributed by atoms with van der Waals surface area (Å²) in [4.78, 5) is 47.0. The maximum Gasteiger partial charge on any atom is 0.309 e. The number of carbonyl (C=O) groups is 3. The molecule has 3 rings (SSSR count). The minimum Gasteiger partial charge on any atom is -0.455 e. The van der Waals surface area contributed by atoms with Gasteiger partial charge in [0.2, 0.25) is 11.9 Å². The van der Waals surface area contributed by atoms with Crippen molar-refractivity contribution in [3.63, 3.8) is 0 Å². The third kappa shape index (κ3) is 6.26. The molecule has 170 valence electrons. The Labute approximate surface area is 187 Å². The first-order valence-electron chi connectivity index (χ1n) is 10.7. The number of aryl methyl sites for hydroxylation is 3. The van der Waals surface area contributed by atoms with Gasteiger partial charge in [-0.1, -0.05) is 17.7 Å². The van der Waals surface area contributed by atoms with Crippen molar-refractivity contribution in [2.75, 3.05) is 36.5 Å². The number of piperidine rings is 1. The van der Waals surface area contributed by atoms with E-state index in [1.54, 1.807) is 18.5 Å². The van der Waals surface area contributed by atoms with Gasteiger partial charge in [0.15, 0.2) is 6.61 Å². The van der Waals surface area contributed by atoms with Crippen LogP contribution in [-0.4, -0.2) is 54.0 Å². The van der Waals surface area contributed by atoms with Gasteiger partial charge in [-0.2, -0.15) is 0 Å². The Hall–Kier alpha value is -3.49. The van der Waals surface area contributed by atoms with Gasteiger partial charge in [0.1, 0.15) is 0 Å². The number of anilines is 2. The number of esters is 1. The van der Waals surface area contributed by atoms with Crippen molar-refractivity contribution in [1.29, 1.82) is 0 Å². The lowest BCUT2D eigenvalue weighted by atomic mass is 9.97. The van der Waals surface area contributed by atoms with Crippen molar-refractivity contribution in [2.45, 2.75) is 33.6 Å². The van der Waals surface area contributed by atoms with E-state index >= 15 is 0 Å². The summed E-state index contributed by atoms with van der Waals surface area (Å²) in [6, 6.07) is 5.73. The molecular weight excluding hydrogens is 410 g/mol. The number of hydrogen-bond acceptors (Lipinski definition) is 7. The molecule has 0 aliphatic carbocycles. The summed E-state index contributed by atoms with van der Waals surface area (Å²) in [6.45, 7) is 6.53. The normalized spacial score (nSPS) is 14.0. The highest BCUT2D eigenvalue weighted by atomic mass is 16.5. The second-order valence-electron chi connectivity index (χ2n) is 8.02. The predicted molar refractivity (Wildman–Crippen MR) is 120 cm³/mol. The molecular formula is C23H29N5O4. The van der Waals surface area contributed by atoms with Gasteiger partial charge < -0.3 is 20.3 Å². The van der Waals surface area contributed by atoms with Crippen LogP contribution in [0.4, 0.5) is 11.6 Å². The molecule has 0 radical (unpaired) electrons. The molecule has 0 saturated carbocycles. The Morgan fingerprint density at radius 3 is 2.28 bits per heavy atom. The van der Waals surface area contributed by atoms with Gasteiger partial charge in [0.25, 0.3) is 5.91 Å². The fraction of sp³-hybridized carbons (Fsp3) is 0.435. The van der Waals surface area contributed by atoms with Crippen molar-refractivity contribution in [1.82, 2.24) is 15.3 Å². The van der Waals surface area contributed by atoms with Crippen molar-refractivity contribution < 1.29 is 19.1 Å². The van der Waals surface area contributed by atoms with Gasteiger partial charge in [0.05, 0.1) is 12.5 Å². The highest BCUT2D eigenvalue weighted by Gasteiger charge is 2.27. The van der Waals surface area contributed by atoms with E-state index in [4.69, 9.17) is 4.74 Å². The topological polar surface area (TPSA) is 114 Å². The fourth-order valence-corrected chi connectivity index (χ4v) is 3.81. The van der Waals surface area contributed by atoms with Gasteiger partial charge in [-0.05, 0) is 50.8 Å². The van der Waals surface area contributed by atoms with E-state index < -0.39 is 18.5 Å². The molecule has 1 saturated heterocycles. The van der Waals surface area contributed by atoms with E-state index in [-0.39, 0.29) is 18.4 Å². The van der Waals surface area contributed by atoms with Crippen LogP contribution in [0.25, 0.3) is 0 Å². The zero-order valence-electron chi connectivity index (χ0n) is 18.7. The first-order valence-corrected chi connectivity index (χ1v) is 10.7. The SMILES string of the molecule is Cc1cc(C)c(NC(=O)CNC(=O)COC(=O)C2CCN(c3ncccn3)CC2)c(C)c1. The molecule has 1 aliphatic heterocycles. The molecule has 1 fully saturated rings. The third-order valence-corrected chi connectivity index (χ3v) is 5.40. The molecule has 0 atom stereocenters. The minimum atomic E-state index is -0.513. The van der Waals surface area contributed by atoms with Crippen LogP contribution in [0.15, 0.2) is 30.6 Å². The van der Waals surface area contributed by atoms with Crippen LogP contribution in [-0.2, 0) is 19.1 Å². The quantitative estimate of drug-likeness (QED) is 0.634. The molecule has 1 aromatic carbocycles. The number of nitrogens with zero attached hydrogens (tertiary/aromatic N) is 3. The highest BCUT2D eigenvalue weighted by molar-refractivity contribution is 5.96. The first-order chi connectivity index (χ1) is 15.3. The second-order valence-corrected chi connectivity index (χ2v) is 8.02. The highest BCUT2D eigenvalue weighted by Crippen LogP contribution is 2.22. The number of nitrogens with one attached hydrogen (secondary N) is 2. The van der Waals surface area contributed by atoms with Crippen molar-refractivity contribution in [3.05, 3.63) is 47.3 Å². The lowest BCUT2D eigenvalue weighted by Crippen LogP contribution is -2.39. The zero-order valence-corrected chi connectivity index (χ0v) is 18.7. The summed E-state index contributed by atoms with van der Waals surface area (Å²) in [5, 5.41) is 5.31. The largest absolute Gasteiger partial charge is 0.455 e. The molecule has 2 N–H and O–H groups in total. The Kier molecular flexibility index (Phi) is 7.75. The molecule has 1 aliphatic rings. The number of hydrogen-bond donors (Lipinski definition) is 2. The van der Waals surface area contributed by atoms with E-state index in [2.05, 4.69) is 20.6 Å². The van der Waals surface area contributed by atoms with Gasteiger partial charge in [-0.25, -0.2) is 9.97 Å². The van der Waals surface area contributed by atoms with E-state index in [1.165, 1.54) is 0 Å². The molecule has 9 heteroatoms. The number of aromatic nitrogens is 2. The molecule has 2 amide bonds. The van der Waals surface area contributed by atoms with Crippen LogP contribution in [0.2, 0.25) is 0 Å². The number of carbonyl (C=O) groups excluding carboxylic acids is 3. The number of amides is 2. The maximum atomic E-state index is 12.3. The van der Waals surface area contributed by atoms with E-state index in [0.29, 0.717) is 31.9 Å². The van der Waals surface area contributed by atoms with Crippen LogP contribution >= 0.6 is 0 Å². The van der Waals surface area contributed by atoms with Crippen LogP contribution in [0, 0.1) is 26.7 Å². The van der Waals surface area contributed by atoms with E-state index in [0.717, 1.165) is 22.4 Å². The van der Waals surface area contributed by atoms with Crippen LogP contribution in [0.5, 0.6) is 0 Å². The predicted octanol–water partition coefficient (Wildman–Crippen LogP) is 1.92. The smallest absolute Gasteiger partial charge is 0.309 e. The van der Waals surface area contributed by atoms with Crippen molar-refractivity contribution >= 4 is 29.4 Å². The van der Waals surface area contributed by atoms with Crippen molar-refractivity contribution in [2.24, 2.45) is 5.92 Å². The van der Waals surface area contributed by atoms with Crippen LogP contribution in [0.1, 0.15) is 29.5 Å². The Bertz CT molecular complexity index is 949. The van der Waals surface area contributed by atoms with Gasteiger partial charge in [-0.15, -0.1) is 0 Å². The summed E-state index contributed by atoms with van der Waals surface area (Å²) >= 11 is 0. The number of rotatable bonds is 7. The maximum absolute atomic E-state index is 12.3. The zero-order chi connectivity index (χ0) is 23.1. The van der Waals surface area contributed by atoms with Gasteiger partial charge in [-0.3, -0.25) is 14.4 Å². The molecule has 9 nitrogen and oxygen atoms in total. The molecule has 2 heterocycles. The second kappa shape index (κ2) is 10.7. The third-order valence-electron chi connectivity index (χ3n) is 5.40. The number of ether oxygens (including phenoxy) is 1. The summed E-state index contributed by atoms with van der Waals surface area (Å²) in [7, 11) is 0. The molecule has 2 aromatic rings. The molecule has 0 unspecified atom stereocenters. The summed E-state index contributed by atoms with van der Waals surface area (Å²) < 4.78 is 5.15. The summed E-state index contributed by atoms with van der Waals surface area (Å²) in [5.74, 6) is -0.869. The lowest BCUT2D eigenvalue weighted by molar-refractivity contribution is -0.153. The van der Waals surface area contributed by atoms with Gasteiger partial charge in [0, 0.05) is 31.2 Å². The first kappa shape index (κ1) is 23.2. The monoisotopic (exact) mass is 439 g/mol. The van der Waals surface area contributed by atoms with Crippen molar-refractivity contribution in [3.8, 4) is 0 Å². The van der Waals surface area contributed by atoms with E-state index in [9.17, 15) is 14.4 Å².